The minimum atomic E-state index is -0.345. The van der Waals surface area contributed by atoms with Crippen molar-refractivity contribution in [2.24, 2.45) is 5.73 Å². The van der Waals surface area contributed by atoms with Crippen LogP contribution in [0.3, 0.4) is 0 Å². The van der Waals surface area contributed by atoms with Crippen molar-refractivity contribution in [3.05, 3.63) is 29.8 Å². The molecule has 0 unspecified atom stereocenters. The molecule has 4 nitrogen and oxygen atoms in total. The minimum Gasteiger partial charge on any atom is -0.491 e. The van der Waals surface area contributed by atoms with E-state index in [1.54, 1.807) is 24.3 Å². The first kappa shape index (κ1) is 11.0. The molecule has 0 saturated heterocycles. The number of hydrogen-bond acceptors (Lipinski definition) is 4. The molecule has 1 atom stereocenters. The summed E-state index contributed by atoms with van der Waals surface area (Å²) in [5.74, 6) is 0.688. The molecule has 0 heterocycles. The van der Waals surface area contributed by atoms with Gasteiger partial charge in [-0.2, -0.15) is 0 Å². The highest BCUT2D eigenvalue weighted by molar-refractivity contribution is 5.29. The molecule has 0 bridgehead atoms. The highest BCUT2D eigenvalue weighted by atomic mass is 16.5. The van der Waals surface area contributed by atoms with Gasteiger partial charge in [0, 0.05) is 0 Å². The first-order valence-corrected chi connectivity index (χ1v) is 4.48. The highest BCUT2D eigenvalue weighted by Gasteiger charge is 2.03. The maximum Gasteiger partial charge on any atom is 0.119 e. The second-order valence-corrected chi connectivity index (χ2v) is 2.93. The monoisotopic (exact) mass is 197 g/mol. The van der Waals surface area contributed by atoms with Crippen LogP contribution >= 0.6 is 0 Å². The Morgan fingerprint density at radius 1 is 1.21 bits per heavy atom. The minimum absolute atomic E-state index is 0.00208. The molecule has 0 radical (unpaired) electrons. The Kier molecular flexibility index (Phi) is 4.39. The first-order chi connectivity index (χ1) is 6.77. The third kappa shape index (κ3) is 2.99. The van der Waals surface area contributed by atoms with Gasteiger partial charge in [-0.15, -0.1) is 0 Å². The van der Waals surface area contributed by atoms with Gasteiger partial charge >= 0.3 is 0 Å². The highest BCUT2D eigenvalue weighted by Crippen LogP contribution is 2.15. The van der Waals surface area contributed by atoms with Crippen LogP contribution < -0.4 is 10.5 Å². The van der Waals surface area contributed by atoms with Gasteiger partial charge in [0.2, 0.25) is 0 Å². The van der Waals surface area contributed by atoms with Crippen LogP contribution in [-0.4, -0.2) is 30.0 Å². The molecular weight excluding hydrogens is 182 g/mol. The van der Waals surface area contributed by atoms with Crippen LogP contribution in [0, 0.1) is 0 Å². The Morgan fingerprint density at radius 2 is 1.86 bits per heavy atom. The number of aliphatic hydroxyl groups excluding tert-OH is 2. The van der Waals surface area contributed by atoms with Crippen molar-refractivity contribution < 1.29 is 14.9 Å². The zero-order chi connectivity index (χ0) is 10.4. The number of benzene rings is 1. The molecule has 0 aromatic heterocycles. The molecule has 0 fully saturated rings. The maximum atomic E-state index is 8.81. The molecule has 0 aliphatic carbocycles. The molecule has 1 aromatic carbocycles. The van der Waals surface area contributed by atoms with Crippen molar-refractivity contribution in [3.63, 3.8) is 0 Å². The lowest BCUT2D eigenvalue weighted by Gasteiger charge is -2.09. The van der Waals surface area contributed by atoms with E-state index >= 15 is 0 Å². The zero-order valence-electron chi connectivity index (χ0n) is 7.89. The van der Waals surface area contributed by atoms with Crippen LogP contribution in [0.25, 0.3) is 0 Å². The molecule has 0 saturated carbocycles. The Hall–Kier alpha value is -1.10. The van der Waals surface area contributed by atoms with Gasteiger partial charge in [-0.25, -0.2) is 0 Å². The molecule has 1 aromatic rings. The standard InChI is InChI=1S/C10H15NO3/c11-10(7-13)8-1-3-9(4-2-8)14-6-5-12/h1-4,10,12-13H,5-7,11H2/t10-/m0/s1. The molecular formula is C10H15NO3. The smallest absolute Gasteiger partial charge is 0.119 e. The van der Waals surface area contributed by atoms with E-state index in [4.69, 9.17) is 20.7 Å². The van der Waals surface area contributed by atoms with E-state index in [9.17, 15) is 0 Å². The van der Waals surface area contributed by atoms with Gasteiger partial charge in [0.05, 0.1) is 19.3 Å². The summed E-state index contributed by atoms with van der Waals surface area (Å²) in [4.78, 5) is 0. The average molecular weight is 197 g/mol. The van der Waals surface area contributed by atoms with Gasteiger partial charge in [-0.05, 0) is 17.7 Å². The molecule has 0 aliphatic heterocycles. The third-order valence-electron chi connectivity index (χ3n) is 1.86. The van der Waals surface area contributed by atoms with Gasteiger partial charge in [0.1, 0.15) is 12.4 Å². The summed E-state index contributed by atoms with van der Waals surface area (Å²) in [6.07, 6.45) is 0. The summed E-state index contributed by atoms with van der Waals surface area (Å²) < 4.78 is 5.17. The Labute approximate surface area is 82.9 Å². The van der Waals surface area contributed by atoms with E-state index < -0.39 is 0 Å². The van der Waals surface area contributed by atoms with Gasteiger partial charge in [0.25, 0.3) is 0 Å². The van der Waals surface area contributed by atoms with Crippen LogP contribution in [0.2, 0.25) is 0 Å². The van der Waals surface area contributed by atoms with E-state index in [1.165, 1.54) is 0 Å². The van der Waals surface area contributed by atoms with Gasteiger partial charge < -0.3 is 20.7 Å². The fraction of sp³-hybridized carbons (Fsp3) is 0.400. The quantitative estimate of drug-likeness (QED) is 0.623. The molecule has 1 rings (SSSR count). The van der Waals surface area contributed by atoms with Crippen LogP contribution in [0.1, 0.15) is 11.6 Å². The van der Waals surface area contributed by atoms with Crippen LogP contribution in [0.15, 0.2) is 24.3 Å². The van der Waals surface area contributed by atoms with Gasteiger partial charge in [0.15, 0.2) is 0 Å². The molecule has 14 heavy (non-hydrogen) atoms. The van der Waals surface area contributed by atoms with Crippen molar-refractivity contribution in [1.82, 2.24) is 0 Å². The predicted octanol–water partition coefficient (Wildman–Crippen LogP) is 0.0498. The van der Waals surface area contributed by atoms with E-state index in [1.807, 2.05) is 0 Å². The molecule has 78 valence electrons. The number of hydrogen-bond donors (Lipinski definition) is 3. The molecule has 4 N–H and O–H groups in total. The maximum absolute atomic E-state index is 8.81. The number of rotatable bonds is 5. The van der Waals surface area contributed by atoms with Crippen molar-refractivity contribution in [2.45, 2.75) is 6.04 Å². The second-order valence-electron chi connectivity index (χ2n) is 2.93. The Morgan fingerprint density at radius 3 is 2.36 bits per heavy atom. The van der Waals surface area contributed by atoms with E-state index in [-0.39, 0.29) is 25.9 Å². The largest absolute Gasteiger partial charge is 0.491 e. The molecule has 0 aliphatic rings. The SMILES string of the molecule is N[C@@H](CO)c1ccc(OCCO)cc1. The topological polar surface area (TPSA) is 75.7 Å². The number of nitrogens with two attached hydrogens (primary N) is 1. The summed E-state index contributed by atoms with van der Waals surface area (Å²) in [6, 6.07) is 6.78. The lowest BCUT2D eigenvalue weighted by molar-refractivity contribution is 0.201. The van der Waals surface area contributed by atoms with Crippen LogP contribution in [0.5, 0.6) is 5.75 Å². The molecule has 4 heteroatoms. The predicted molar refractivity (Wildman–Crippen MR) is 53.0 cm³/mol. The van der Waals surface area contributed by atoms with Crippen LogP contribution in [0.4, 0.5) is 0 Å². The summed E-state index contributed by atoms with van der Waals surface area (Å²) in [5.41, 5.74) is 6.48. The van der Waals surface area contributed by atoms with Crippen molar-refractivity contribution in [3.8, 4) is 5.75 Å². The summed E-state index contributed by atoms with van der Waals surface area (Å²) >= 11 is 0. The van der Waals surface area contributed by atoms with Crippen LogP contribution in [-0.2, 0) is 0 Å². The first-order valence-electron chi connectivity index (χ1n) is 4.48. The Bertz CT molecular complexity index is 261. The summed E-state index contributed by atoms with van der Waals surface area (Å²) in [5, 5.41) is 17.3. The molecule has 0 spiro atoms. The Balaban J connectivity index is 2.59. The summed E-state index contributed by atoms with van der Waals surface area (Å²) in [6.45, 7) is 0.208. The van der Waals surface area contributed by atoms with Crippen molar-refractivity contribution >= 4 is 0 Å². The third-order valence-corrected chi connectivity index (χ3v) is 1.86. The van der Waals surface area contributed by atoms with Gasteiger partial charge in [-0.3, -0.25) is 0 Å². The molecule has 0 amide bonds. The lowest BCUT2D eigenvalue weighted by Crippen LogP contribution is -2.14. The number of aliphatic hydroxyl groups is 2. The fourth-order valence-corrected chi connectivity index (χ4v) is 1.08. The van der Waals surface area contributed by atoms with Crippen molar-refractivity contribution in [2.75, 3.05) is 19.8 Å². The summed E-state index contributed by atoms with van der Waals surface area (Å²) in [7, 11) is 0. The van der Waals surface area contributed by atoms with E-state index in [0.29, 0.717) is 5.75 Å². The second kappa shape index (κ2) is 5.59. The lowest BCUT2D eigenvalue weighted by atomic mass is 10.1. The fourth-order valence-electron chi connectivity index (χ4n) is 1.08. The van der Waals surface area contributed by atoms with E-state index in [2.05, 4.69) is 0 Å². The average Bonchev–Trinajstić information content (AvgIpc) is 2.26. The van der Waals surface area contributed by atoms with Crippen molar-refractivity contribution in [1.29, 1.82) is 0 Å². The van der Waals surface area contributed by atoms with Gasteiger partial charge in [-0.1, -0.05) is 12.1 Å². The zero-order valence-corrected chi connectivity index (χ0v) is 7.89. The van der Waals surface area contributed by atoms with E-state index in [0.717, 1.165) is 5.56 Å². The number of ether oxygens (including phenoxy) is 1. The normalized spacial score (nSPS) is 12.5.